The average molecular weight is 1390 g/mol. The van der Waals surface area contributed by atoms with Crippen LogP contribution in [-0.4, -0.2) is 326 Å². The largest absolute Gasteiger partial charge is 0.407 e. The molecule has 5 saturated heterocycles. The van der Waals surface area contributed by atoms with Crippen molar-refractivity contribution >= 4 is 5.97 Å². The van der Waals surface area contributed by atoms with Crippen molar-refractivity contribution in [3.63, 3.8) is 0 Å². The van der Waals surface area contributed by atoms with E-state index in [-0.39, 0.29) is 31.6 Å². The summed E-state index contributed by atoms with van der Waals surface area (Å²) in [5, 5.41) is 222. The summed E-state index contributed by atoms with van der Waals surface area (Å²) in [5.74, 6) is -6.17. The molecular formula is C64H104O32. The molecule has 0 aromatic rings. The Balaban J connectivity index is 0.817. The Kier molecular flexibility index (Phi) is 21.6. The van der Waals surface area contributed by atoms with E-state index in [4.69, 9.17) is 52.1 Å². The number of ether oxygens (including phenoxy) is 11. The van der Waals surface area contributed by atoms with Crippen molar-refractivity contribution in [1.29, 1.82) is 0 Å². The number of fused-ring (bicyclic) bond motifs is 7. The third kappa shape index (κ3) is 12.4. The molecule has 11 rings (SSSR count). The number of allylic oxidation sites excluding steroid dienone is 2. The topological polar surface area (TPSA) is 523 Å². The highest BCUT2D eigenvalue weighted by molar-refractivity contribution is 5.80. The molecule has 96 heavy (non-hydrogen) atoms. The summed E-state index contributed by atoms with van der Waals surface area (Å²) in [7, 11) is 0. The average Bonchev–Trinajstić information content (AvgIpc) is 0.702. The molecule has 5 heterocycles. The molecule has 552 valence electrons. The van der Waals surface area contributed by atoms with Crippen LogP contribution in [-0.2, 0) is 56.9 Å². The fraction of sp³-hybridized carbons (Fsp3) is 0.953. The predicted octanol–water partition coefficient (Wildman–Crippen LogP) is -6.54. The second-order valence-corrected chi connectivity index (χ2v) is 31.3. The Labute approximate surface area is 554 Å². The van der Waals surface area contributed by atoms with Gasteiger partial charge in [-0.15, -0.1) is 0 Å². The number of rotatable bonds is 17. The second-order valence-electron chi connectivity index (χ2n) is 31.3. The van der Waals surface area contributed by atoms with Crippen molar-refractivity contribution in [2.75, 3.05) is 52.9 Å². The summed E-state index contributed by atoms with van der Waals surface area (Å²) in [5.41, 5.74) is -7.54. The maximum atomic E-state index is 15.8. The third-order valence-corrected chi connectivity index (χ3v) is 25.2. The van der Waals surface area contributed by atoms with Crippen LogP contribution in [0.2, 0.25) is 0 Å². The van der Waals surface area contributed by atoms with E-state index in [0.29, 0.717) is 32.1 Å². The van der Waals surface area contributed by atoms with Crippen molar-refractivity contribution in [1.82, 2.24) is 0 Å². The quantitative estimate of drug-likeness (QED) is 0.0279. The van der Waals surface area contributed by atoms with Crippen LogP contribution in [0.5, 0.6) is 0 Å². The summed E-state index contributed by atoms with van der Waals surface area (Å²) >= 11 is 0. The van der Waals surface area contributed by atoms with E-state index in [1.54, 1.807) is 0 Å². The van der Waals surface area contributed by atoms with Gasteiger partial charge < -0.3 is 149 Å². The maximum absolute atomic E-state index is 15.8. The van der Waals surface area contributed by atoms with Gasteiger partial charge in [0.15, 0.2) is 25.2 Å². The van der Waals surface area contributed by atoms with Crippen LogP contribution >= 0.6 is 0 Å². The van der Waals surface area contributed by atoms with Crippen LogP contribution < -0.4 is 0 Å². The zero-order valence-corrected chi connectivity index (χ0v) is 54.9. The number of hydrogen-bond acceptors (Lipinski definition) is 32. The van der Waals surface area contributed by atoms with Crippen LogP contribution in [0.15, 0.2) is 11.6 Å². The first-order chi connectivity index (χ1) is 45.0. The lowest BCUT2D eigenvalue weighted by atomic mass is 9.33. The Morgan fingerprint density at radius 3 is 1.95 bits per heavy atom. The molecule has 0 unspecified atom stereocenters. The predicted molar refractivity (Wildman–Crippen MR) is 317 cm³/mol. The first-order valence-corrected chi connectivity index (χ1v) is 33.7. The molecule has 5 aliphatic heterocycles. The molecule has 10 fully saturated rings. The molecule has 32 nitrogen and oxygen atoms in total. The highest BCUT2D eigenvalue weighted by Crippen LogP contribution is 2.76. The van der Waals surface area contributed by atoms with Crippen molar-refractivity contribution in [3.8, 4) is 0 Å². The lowest BCUT2D eigenvalue weighted by Gasteiger charge is -2.72. The summed E-state index contributed by atoms with van der Waals surface area (Å²) in [6.07, 6.45) is -37.9. The standard InChI is InChI=1S/C64H104O32/c1-26-48(92-52-47(82)49(33(72)19-87-52)93-55-50(83)62(85,24-68)25-88-55)44(79)46(81)54(90-26)95-64(16-30(69)32(71)20-89-64)96-56(84)63-12-11-57(2,3)14-29(63)28-7-8-36-58(4)15-31(70)51(61(22-66,23-67)37(58)9-10-59(36,5)60(28,6)17-38(63)73)94-53-45(80)43(78)41(76)35(91-53)21-86-34-13-27(18-65)39(74)42(77)40(34)75/h7,26-27,29-55,65-83,85H,8-25H2,1-6H3/t26-,27+,29+,30+,31-,32-,33+,34+,35+,36+,37+,38+,39+,40-,41+,42-,43-,44-,45+,46+,47+,48-,49-,50-,51-,52-,53-,54-,55-,58+,59+,60+,62+,63+,64-/m0/s1. The van der Waals surface area contributed by atoms with Crippen LogP contribution in [0.3, 0.4) is 0 Å². The maximum Gasteiger partial charge on any atom is 0.334 e. The van der Waals surface area contributed by atoms with Crippen molar-refractivity contribution in [3.05, 3.63) is 11.6 Å². The van der Waals surface area contributed by atoms with Gasteiger partial charge in [0.2, 0.25) is 0 Å². The first-order valence-electron chi connectivity index (χ1n) is 33.7. The second kappa shape index (κ2) is 27.6. The molecule has 11 aliphatic rings. The van der Waals surface area contributed by atoms with Crippen molar-refractivity contribution in [2.24, 2.45) is 56.2 Å². The molecule has 5 saturated carbocycles. The minimum atomic E-state index is -2.65. The van der Waals surface area contributed by atoms with Gasteiger partial charge in [0.25, 0.3) is 0 Å². The van der Waals surface area contributed by atoms with Crippen LogP contribution in [0, 0.1) is 56.2 Å². The van der Waals surface area contributed by atoms with Crippen LogP contribution in [0.4, 0.5) is 0 Å². The Bertz CT molecular complexity index is 2730. The minimum Gasteiger partial charge on any atom is -0.407 e. The van der Waals surface area contributed by atoms with Gasteiger partial charge in [-0.25, -0.2) is 0 Å². The lowest BCUT2D eigenvalue weighted by molar-refractivity contribution is -0.454. The molecule has 35 atom stereocenters. The van der Waals surface area contributed by atoms with Gasteiger partial charge in [0.1, 0.15) is 96.5 Å². The Morgan fingerprint density at radius 2 is 1.29 bits per heavy atom. The van der Waals surface area contributed by atoms with E-state index in [9.17, 15) is 102 Å². The number of carbonyl (C=O) groups excluding carboxylic acids is 1. The number of aliphatic hydroxyl groups excluding tert-OH is 19. The van der Waals surface area contributed by atoms with Gasteiger partial charge in [-0.3, -0.25) is 9.53 Å². The van der Waals surface area contributed by atoms with E-state index >= 15 is 4.79 Å². The molecule has 0 radical (unpaired) electrons. The first kappa shape index (κ1) is 75.2. The van der Waals surface area contributed by atoms with Gasteiger partial charge in [-0.05, 0) is 104 Å². The summed E-state index contributed by atoms with van der Waals surface area (Å²) < 4.78 is 65.5. The number of hydrogen-bond donors (Lipinski definition) is 20. The number of aliphatic hydroxyl groups is 20. The van der Waals surface area contributed by atoms with Gasteiger partial charge in [0.05, 0.1) is 95.4 Å². The zero-order chi connectivity index (χ0) is 70.1. The smallest absolute Gasteiger partial charge is 0.334 e. The van der Waals surface area contributed by atoms with E-state index < -0.39 is 280 Å². The summed E-state index contributed by atoms with van der Waals surface area (Å²) in [6, 6.07) is 0. The third-order valence-electron chi connectivity index (χ3n) is 25.2. The molecule has 6 aliphatic carbocycles. The molecule has 0 bridgehead atoms. The van der Waals surface area contributed by atoms with Crippen molar-refractivity contribution < 1.29 is 159 Å². The zero-order valence-electron chi connectivity index (χ0n) is 54.9. The summed E-state index contributed by atoms with van der Waals surface area (Å²) in [4.78, 5) is 15.8. The normalized spacial score (nSPS) is 54.0. The highest BCUT2D eigenvalue weighted by atomic mass is 16.9. The Morgan fingerprint density at radius 1 is 0.615 bits per heavy atom. The molecular weight excluding hydrogens is 1280 g/mol. The van der Waals surface area contributed by atoms with E-state index in [2.05, 4.69) is 33.8 Å². The molecule has 32 heteroatoms. The van der Waals surface area contributed by atoms with E-state index in [1.807, 2.05) is 6.92 Å². The van der Waals surface area contributed by atoms with E-state index in [0.717, 1.165) is 5.57 Å². The van der Waals surface area contributed by atoms with E-state index in [1.165, 1.54) is 6.92 Å². The van der Waals surface area contributed by atoms with Crippen LogP contribution in [0.1, 0.15) is 106 Å². The fourth-order valence-electron chi connectivity index (χ4n) is 19.2. The molecule has 0 amide bonds. The van der Waals surface area contributed by atoms with Gasteiger partial charge in [-0.2, -0.15) is 0 Å². The number of esters is 1. The van der Waals surface area contributed by atoms with Gasteiger partial charge in [0, 0.05) is 17.9 Å². The Hall–Kier alpha value is -1.99. The SMILES string of the molecule is C[C@@H]1O[C@@H](O[C@]2(OC(=O)[C@]34CCC(C)(C)C[C@@H]3C3=CC[C@@H]5[C@@]6(C)C[C@H](O)[C@H](O[C@@H]7O[C@H](CO[C@@H]8C[C@H](CO)[C@@H](O)[C@H](O)[C@H]8O)[C@@H](O)[C@H](O)[C@H]7O)C(CO)(CO)[C@@H]6CC[C@@]5(C)[C@]3(C)C[C@H]4O)C[C@@H](O)[C@@H](O)CO2)[C@H](O)[C@H](O)[C@H]1O[C@@H]1OC[C@@H](O)[C@H](O[C@@H]2OC[C@](O)(CO)[C@H]2O)[C@H]1O. The van der Waals surface area contributed by atoms with Crippen LogP contribution in [0.25, 0.3) is 0 Å². The van der Waals surface area contributed by atoms with Gasteiger partial charge in [-0.1, -0.05) is 46.3 Å². The fourth-order valence-corrected chi connectivity index (χ4v) is 19.2. The highest BCUT2D eigenvalue weighted by Gasteiger charge is 2.74. The summed E-state index contributed by atoms with van der Waals surface area (Å²) in [6.45, 7) is 6.54. The number of carbonyl (C=O) groups is 1. The molecule has 0 aromatic heterocycles. The monoisotopic (exact) mass is 1380 g/mol. The van der Waals surface area contributed by atoms with Gasteiger partial charge >= 0.3 is 11.9 Å². The van der Waals surface area contributed by atoms with Crippen molar-refractivity contribution in [2.45, 2.75) is 271 Å². The molecule has 20 N–H and O–H groups in total. The lowest BCUT2D eigenvalue weighted by Crippen LogP contribution is -2.72. The molecule has 0 spiro atoms. The minimum absolute atomic E-state index is 0.00150. The molecule has 0 aromatic carbocycles.